The van der Waals surface area contributed by atoms with Gasteiger partial charge in [0, 0.05) is 12.6 Å². The van der Waals surface area contributed by atoms with Crippen LogP contribution in [0.4, 0.5) is 0 Å². The molecule has 1 amide bonds. The summed E-state index contributed by atoms with van der Waals surface area (Å²) in [5.74, 6) is -0.0934. The Morgan fingerprint density at radius 3 is 2.74 bits per heavy atom. The normalized spacial score (nSPS) is 21.3. The number of aryl methyl sites for hydroxylation is 1. The Kier molecular flexibility index (Phi) is 4.56. The third kappa shape index (κ3) is 3.55. The van der Waals surface area contributed by atoms with Crippen molar-refractivity contribution in [1.29, 1.82) is 0 Å². The molecule has 0 aromatic heterocycles. The number of hydrogen-bond acceptors (Lipinski definition) is 3. The van der Waals surface area contributed by atoms with E-state index in [1.165, 1.54) is 12.0 Å². The SMILES string of the molecule is Cc1ccc(C(N)C(=O)NCC2CCCN2C)cc1. The van der Waals surface area contributed by atoms with Gasteiger partial charge in [0.1, 0.15) is 6.04 Å². The molecule has 1 heterocycles. The van der Waals surface area contributed by atoms with Crippen LogP contribution in [0.2, 0.25) is 0 Å². The van der Waals surface area contributed by atoms with Gasteiger partial charge in [-0.05, 0) is 38.9 Å². The summed E-state index contributed by atoms with van der Waals surface area (Å²) in [6.07, 6.45) is 2.36. The van der Waals surface area contributed by atoms with Crippen molar-refractivity contribution >= 4 is 5.91 Å². The number of carbonyl (C=O) groups excluding carboxylic acids is 1. The van der Waals surface area contributed by atoms with Crippen LogP contribution in [0.25, 0.3) is 0 Å². The molecule has 2 unspecified atom stereocenters. The highest BCUT2D eigenvalue weighted by atomic mass is 16.2. The molecule has 0 radical (unpaired) electrons. The van der Waals surface area contributed by atoms with Crippen molar-refractivity contribution in [3.63, 3.8) is 0 Å². The third-order valence-electron chi connectivity index (χ3n) is 3.90. The maximum atomic E-state index is 12.0. The number of likely N-dealkylation sites (N-methyl/N-ethyl adjacent to an activating group) is 1. The Balaban J connectivity index is 1.87. The lowest BCUT2D eigenvalue weighted by Gasteiger charge is -2.21. The molecule has 2 rings (SSSR count). The van der Waals surface area contributed by atoms with E-state index in [1.54, 1.807) is 0 Å². The fourth-order valence-corrected chi connectivity index (χ4v) is 2.49. The fourth-order valence-electron chi connectivity index (χ4n) is 2.49. The Morgan fingerprint density at radius 1 is 1.47 bits per heavy atom. The number of amides is 1. The molecule has 1 fully saturated rings. The van der Waals surface area contributed by atoms with Gasteiger partial charge in [-0.2, -0.15) is 0 Å². The average Bonchev–Trinajstić information content (AvgIpc) is 2.81. The molecule has 0 spiro atoms. The molecule has 3 N–H and O–H groups in total. The number of nitrogens with two attached hydrogens (primary N) is 1. The van der Waals surface area contributed by atoms with Crippen molar-refractivity contribution in [1.82, 2.24) is 10.2 Å². The van der Waals surface area contributed by atoms with Gasteiger partial charge in [-0.3, -0.25) is 4.79 Å². The summed E-state index contributed by atoms with van der Waals surface area (Å²) in [4.78, 5) is 14.3. The summed E-state index contributed by atoms with van der Waals surface area (Å²) in [7, 11) is 2.10. The summed E-state index contributed by atoms with van der Waals surface area (Å²) in [5, 5.41) is 2.96. The predicted octanol–water partition coefficient (Wildman–Crippen LogP) is 1.21. The summed E-state index contributed by atoms with van der Waals surface area (Å²) < 4.78 is 0. The van der Waals surface area contributed by atoms with E-state index in [-0.39, 0.29) is 5.91 Å². The molecule has 1 aliphatic heterocycles. The Morgan fingerprint density at radius 2 is 2.16 bits per heavy atom. The van der Waals surface area contributed by atoms with Crippen LogP contribution in [-0.2, 0) is 4.79 Å². The minimum Gasteiger partial charge on any atom is -0.353 e. The van der Waals surface area contributed by atoms with Crippen LogP contribution in [0.1, 0.15) is 30.0 Å². The van der Waals surface area contributed by atoms with Crippen molar-refractivity contribution in [3.8, 4) is 0 Å². The fraction of sp³-hybridized carbons (Fsp3) is 0.533. The van der Waals surface area contributed by atoms with E-state index < -0.39 is 6.04 Å². The van der Waals surface area contributed by atoms with Gasteiger partial charge in [0.2, 0.25) is 5.91 Å². The second kappa shape index (κ2) is 6.17. The zero-order valence-corrected chi connectivity index (χ0v) is 11.7. The molecule has 1 aliphatic rings. The lowest BCUT2D eigenvalue weighted by atomic mass is 10.1. The van der Waals surface area contributed by atoms with Crippen LogP contribution in [-0.4, -0.2) is 37.0 Å². The van der Waals surface area contributed by atoms with Gasteiger partial charge in [-0.25, -0.2) is 0 Å². The van der Waals surface area contributed by atoms with E-state index in [0.717, 1.165) is 18.5 Å². The Bertz CT molecular complexity index is 430. The van der Waals surface area contributed by atoms with E-state index in [2.05, 4.69) is 17.3 Å². The summed E-state index contributed by atoms with van der Waals surface area (Å²) >= 11 is 0. The van der Waals surface area contributed by atoms with E-state index in [0.29, 0.717) is 12.6 Å². The van der Waals surface area contributed by atoms with Gasteiger partial charge >= 0.3 is 0 Å². The third-order valence-corrected chi connectivity index (χ3v) is 3.90. The second-order valence-electron chi connectivity index (χ2n) is 5.41. The quantitative estimate of drug-likeness (QED) is 0.856. The topological polar surface area (TPSA) is 58.4 Å². The van der Waals surface area contributed by atoms with Crippen molar-refractivity contribution in [3.05, 3.63) is 35.4 Å². The molecule has 1 aromatic rings. The standard InChI is InChI=1S/C15H23N3O/c1-11-5-7-12(8-6-11)14(16)15(19)17-10-13-4-3-9-18(13)2/h5-8,13-14H,3-4,9-10,16H2,1-2H3,(H,17,19). The number of benzene rings is 1. The zero-order valence-electron chi connectivity index (χ0n) is 11.7. The number of hydrogen-bond donors (Lipinski definition) is 2. The van der Waals surface area contributed by atoms with Gasteiger partial charge in [0.15, 0.2) is 0 Å². The lowest BCUT2D eigenvalue weighted by molar-refractivity contribution is -0.122. The molecule has 4 nitrogen and oxygen atoms in total. The Hall–Kier alpha value is -1.39. The molecular formula is C15H23N3O. The molecule has 0 saturated carbocycles. The van der Waals surface area contributed by atoms with Crippen LogP contribution in [0, 0.1) is 6.92 Å². The highest BCUT2D eigenvalue weighted by Gasteiger charge is 2.22. The van der Waals surface area contributed by atoms with Gasteiger partial charge in [-0.15, -0.1) is 0 Å². The summed E-state index contributed by atoms with van der Waals surface area (Å²) in [6.45, 7) is 3.82. The number of rotatable bonds is 4. The van der Waals surface area contributed by atoms with Crippen LogP contribution in [0.15, 0.2) is 24.3 Å². The molecule has 19 heavy (non-hydrogen) atoms. The molecule has 104 valence electrons. The molecule has 1 aromatic carbocycles. The minimum atomic E-state index is -0.577. The zero-order chi connectivity index (χ0) is 13.8. The molecular weight excluding hydrogens is 238 g/mol. The van der Waals surface area contributed by atoms with Crippen LogP contribution >= 0.6 is 0 Å². The largest absolute Gasteiger partial charge is 0.353 e. The highest BCUT2D eigenvalue weighted by Crippen LogP contribution is 2.15. The van der Waals surface area contributed by atoms with Crippen molar-refractivity contribution in [2.45, 2.75) is 31.8 Å². The van der Waals surface area contributed by atoms with Crippen molar-refractivity contribution in [2.75, 3.05) is 20.1 Å². The van der Waals surface area contributed by atoms with Gasteiger partial charge in [0.25, 0.3) is 0 Å². The summed E-state index contributed by atoms with van der Waals surface area (Å²) in [5.41, 5.74) is 8.02. The van der Waals surface area contributed by atoms with E-state index >= 15 is 0 Å². The lowest BCUT2D eigenvalue weighted by Crippen LogP contribution is -2.41. The Labute approximate surface area is 115 Å². The van der Waals surface area contributed by atoms with Gasteiger partial charge in [0.05, 0.1) is 0 Å². The average molecular weight is 261 g/mol. The minimum absolute atomic E-state index is 0.0934. The number of nitrogens with zero attached hydrogens (tertiary/aromatic N) is 1. The van der Waals surface area contributed by atoms with Crippen molar-refractivity contribution in [2.24, 2.45) is 5.73 Å². The molecule has 0 bridgehead atoms. The first-order valence-electron chi connectivity index (χ1n) is 6.88. The number of nitrogens with one attached hydrogen (secondary N) is 1. The maximum absolute atomic E-state index is 12.0. The first kappa shape index (κ1) is 14.0. The predicted molar refractivity (Wildman–Crippen MR) is 76.8 cm³/mol. The summed E-state index contributed by atoms with van der Waals surface area (Å²) in [6, 6.07) is 7.67. The van der Waals surface area contributed by atoms with Gasteiger partial charge < -0.3 is 16.0 Å². The maximum Gasteiger partial charge on any atom is 0.241 e. The van der Waals surface area contributed by atoms with Crippen LogP contribution < -0.4 is 11.1 Å². The smallest absolute Gasteiger partial charge is 0.241 e. The number of likely N-dealkylation sites (tertiary alicyclic amines) is 1. The van der Waals surface area contributed by atoms with Crippen LogP contribution in [0.5, 0.6) is 0 Å². The van der Waals surface area contributed by atoms with Gasteiger partial charge in [-0.1, -0.05) is 29.8 Å². The molecule has 0 aliphatic carbocycles. The first-order valence-corrected chi connectivity index (χ1v) is 6.88. The second-order valence-corrected chi connectivity index (χ2v) is 5.41. The highest BCUT2D eigenvalue weighted by molar-refractivity contribution is 5.82. The molecule has 1 saturated heterocycles. The number of carbonyl (C=O) groups is 1. The molecule has 2 atom stereocenters. The van der Waals surface area contributed by atoms with Crippen LogP contribution in [0.3, 0.4) is 0 Å². The van der Waals surface area contributed by atoms with E-state index in [4.69, 9.17) is 5.73 Å². The van der Waals surface area contributed by atoms with E-state index in [1.807, 2.05) is 31.2 Å². The van der Waals surface area contributed by atoms with Crippen molar-refractivity contribution < 1.29 is 4.79 Å². The first-order chi connectivity index (χ1) is 9.08. The monoisotopic (exact) mass is 261 g/mol. The molecule has 4 heteroatoms. The van der Waals surface area contributed by atoms with E-state index in [9.17, 15) is 4.79 Å².